The summed E-state index contributed by atoms with van der Waals surface area (Å²) >= 11 is 0. The van der Waals surface area contributed by atoms with Crippen LogP contribution in [0, 0.1) is 6.92 Å². The summed E-state index contributed by atoms with van der Waals surface area (Å²) in [6.07, 6.45) is 0. The largest absolute Gasteiger partial charge is 0.340 e. The highest BCUT2D eigenvalue weighted by Crippen LogP contribution is 2.30. The van der Waals surface area contributed by atoms with Crippen LogP contribution in [0.15, 0.2) is 48.5 Å². The lowest BCUT2D eigenvalue weighted by molar-refractivity contribution is -0.138. The van der Waals surface area contributed by atoms with Crippen molar-refractivity contribution < 1.29 is 14.4 Å². The molecule has 1 heterocycles. The van der Waals surface area contributed by atoms with Crippen LogP contribution < -0.4 is 5.32 Å². The molecule has 158 valence electrons. The van der Waals surface area contributed by atoms with Gasteiger partial charge in [0.05, 0.1) is 0 Å². The highest BCUT2D eigenvalue weighted by atomic mass is 16.2. The van der Waals surface area contributed by atoms with Crippen LogP contribution >= 0.6 is 0 Å². The van der Waals surface area contributed by atoms with E-state index in [0.717, 1.165) is 21.6 Å². The van der Waals surface area contributed by atoms with E-state index >= 15 is 0 Å². The summed E-state index contributed by atoms with van der Waals surface area (Å²) < 4.78 is 0. The van der Waals surface area contributed by atoms with Crippen molar-refractivity contribution in [1.29, 1.82) is 0 Å². The number of hydrogen-bond acceptors (Lipinski definition) is 3. The predicted octanol–water partition coefficient (Wildman–Crippen LogP) is 3.54. The van der Waals surface area contributed by atoms with Gasteiger partial charge in [-0.2, -0.15) is 0 Å². The Morgan fingerprint density at radius 2 is 1.67 bits per heavy atom. The van der Waals surface area contributed by atoms with Crippen LogP contribution in [0.25, 0.3) is 0 Å². The number of nitrogens with one attached hydrogen (secondary N) is 1. The molecule has 1 aliphatic rings. The van der Waals surface area contributed by atoms with Crippen LogP contribution in [-0.2, 0) is 21.7 Å². The van der Waals surface area contributed by atoms with E-state index in [1.165, 1.54) is 4.90 Å². The fourth-order valence-electron chi connectivity index (χ4n) is 3.55. The molecule has 1 fully saturated rings. The normalized spacial score (nSPS) is 18.7. The first-order valence-electron chi connectivity index (χ1n) is 10.2. The molecule has 3 rings (SSSR count). The fourth-order valence-corrected chi connectivity index (χ4v) is 3.55. The number of rotatable bonds is 6. The average Bonchev–Trinajstić information content (AvgIpc) is 2.93. The molecule has 1 atom stereocenters. The van der Waals surface area contributed by atoms with Crippen molar-refractivity contribution in [3.05, 3.63) is 70.8 Å². The van der Waals surface area contributed by atoms with Gasteiger partial charge < -0.3 is 10.2 Å². The molecule has 0 spiro atoms. The van der Waals surface area contributed by atoms with Gasteiger partial charge in [-0.1, -0.05) is 67.9 Å². The van der Waals surface area contributed by atoms with Crippen molar-refractivity contribution in [2.45, 2.75) is 45.7 Å². The van der Waals surface area contributed by atoms with Gasteiger partial charge in [0.1, 0.15) is 12.1 Å². The minimum atomic E-state index is -1.18. The summed E-state index contributed by atoms with van der Waals surface area (Å²) in [5, 5.41) is 2.76. The second-order valence-electron chi connectivity index (χ2n) is 8.46. The predicted molar refractivity (Wildman–Crippen MR) is 116 cm³/mol. The van der Waals surface area contributed by atoms with Crippen LogP contribution in [0.4, 0.5) is 4.79 Å². The van der Waals surface area contributed by atoms with Crippen LogP contribution in [-0.4, -0.2) is 41.2 Å². The first-order valence-corrected chi connectivity index (χ1v) is 10.2. The number of hydrogen-bond donors (Lipinski definition) is 1. The second kappa shape index (κ2) is 8.30. The Morgan fingerprint density at radius 1 is 1.07 bits per heavy atom. The molecule has 0 saturated carbocycles. The molecule has 2 aromatic carbocycles. The van der Waals surface area contributed by atoms with Gasteiger partial charge in [-0.25, -0.2) is 4.79 Å². The van der Waals surface area contributed by atoms with E-state index in [2.05, 4.69) is 19.2 Å². The Bertz CT molecular complexity index is 951. The average molecular weight is 408 g/mol. The summed E-state index contributed by atoms with van der Waals surface area (Å²) in [5.74, 6) is -0.334. The maximum Gasteiger partial charge on any atom is 0.325 e. The Balaban J connectivity index is 1.70. The molecule has 0 aromatic heterocycles. The summed E-state index contributed by atoms with van der Waals surface area (Å²) in [7, 11) is 1.67. The van der Waals surface area contributed by atoms with E-state index in [0.29, 0.717) is 18.0 Å². The van der Waals surface area contributed by atoms with E-state index in [4.69, 9.17) is 0 Å². The summed E-state index contributed by atoms with van der Waals surface area (Å²) in [4.78, 5) is 40.8. The number of likely N-dealkylation sites (N-methyl/N-ethyl adjacent to an activating group) is 1. The van der Waals surface area contributed by atoms with Crippen LogP contribution in [0.3, 0.4) is 0 Å². The zero-order valence-electron chi connectivity index (χ0n) is 18.2. The highest BCUT2D eigenvalue weighted by Gasteiger charge is 2.49. The molecule has 1 saturated heterocycles. The lowest BCUT2D eigenvalue weighted by atomic mass is 9.90. The molecule has 1 N–H and O–H groups in total. The van der Waals surface area contributed by atoms with Crippen molar-refractivity contribution in [1.82, 2.24) is 15.1 Å². The maximum absolute atomic E-state index is 13.1. The molecule has 30 heavy (non-hydrogen) atoms. The van der Waals surface area contributed by atoms with Crippen LogP contribution in [0.5, 0.6) is 0 Å². The minimum Gasteiger partial charge on any atom is -0.340 e. The number of urea groups is 1. The lowest BCUT2D eigenvalue weighted by Crippen LogP contribution is -2.43. The zero-order valence-corrected chi connectivity index (χ0v) is 18.2. The van der Waals surface area contributed by atoms with Gasteiger partial charge in [0.2, 0.25) is 5.91 Å². The Labute approximate surface area is 177 Å². The molecule has 1 aliphatic heterocycles. The van der Waals surface area contributed by atoms with Crippen molar-refractivity contribution in [2.75, 3.05) is 13.6 Å². The van der Waals surface area contributed by atoms with E-state index in [-0.39, 0.29) is 12.5 Å². The van der Waals surface area contributed by atoms with E-state index in [1.807, 2.05) is 55.5 Å². The topological polar surface area (TPSA) is 69.7 Å². The van der Waals surface area contributed by atoms with E-state index in [1.54, 1.807) is 14.0 Å². The summed E-state index contributed by atoms with van der Waals surface area (Å²) in [6, 6.07) is 15.0. The lowest BCUT2D eigenvalue weighted by Gasteiger charge is -2.24. The third-order valence-corrected chi connectivity index (χ3v) is 5.69. The molecule has 6 heteroatoms. The fraction of sp³-hybridized carbons (Fsp3) is 0.375. The van der Waals surface area contributed by atoms with Crippen LogP contribution in [0.2, 0.25) is 0 Å². The van der Waals surface area contributed by atoms with Gasteiger partial charge in [0, 0.05) is 13.6 Å². The Kier molecular flexibility index (Phi) is 5.97. The molecule has 0 bridgehead atoms. The van der Waals surface area contributed by atoms with Crippen molar-refractivity contribution in [3.8, 4) is 0 Å². The highest BCUT2D eigenvalue weighted by molar-refractivity contribution is 6.09. The van der Waals surface area contributed by atoms with Gasteiger partial charge in [-0.3, -0.25) is 14.5 Å². The van der Waals surface area contributed by atoms with Crippen molar-refractivity contribution >= 4 is 17.8 Å². The second-order valence-corrected chi connectivity index (χ2v) is 8.46. The number of nitrogens with zero attached hydrogens (tertiary/aromatic N) is 2. The summed E-state index contributed by atoms with van der Waals surface area (Å²) in [6.45, 7) is 8.00. The Hall–Kier alpha value is -3.15. The van der Waals surface area contributed by atoms with E-state index < -0.39 is 17.5 Å². The van der Waals surface area contributed by atoms with Gasteiger partial charge in [0.15, 0.2) is 0 Å². The third kappa shape index (κ3) is 4.22. The maximum atomic E-state index is 13.1. The number of carbonyl (C=O) groups is 3. The van der Waals surface area contributed by atoms with Crippen LogP contribution in [0.1, 0.15) is 48.9 Å². The van der Waals surface area contributed by atoms with Gasteiger partial charge >= 0.3 is 6.03 Å². The first-order chi connectivity index (χ1) is 14.1. The molecule has 4 amide bonds. The Morgan fingerprint density at radius 3 is 2.23 bits per heavy atom. The van der Waals surface area contributed by atoms with Crippen molar-refractivity contribution in [3.63, 3.8) is 0 Å². The van der Waals surface area contributed by atoms with E-state index in [9.17, 15) is 14.4 Å². The van der Waals surface area contributed by atoms with Gasteiger partial charge in [-0.15, -0.1) is 0 Å². The smallest absolute Gasteiger partial charge is 0.325 e. The summed E-state index contributed by atoms with van der Waals surface area (Å²) in [5.41, 5.74) is 2.82. The quantitative estimate of drug-likeness (QED) is 0.745. The van der Waals surface area contributed by atoms with Gasteiger partial charge in [0.25, 0.3) is 5.91 Å². The number of carbonyl (C=O) groups excluding carboxylic acids is 3. The molecular formula is C24H29N3O3. The molecule has 0 unspecified atom stereocenters. The molecular weight excluding hydrogens is 378 g/mol. The standard InChI is InChI=1S/C24H29N3O3/c1-16(2)19-10-12-20(13-11-19)24(4)22(29)27(23(30)25-24)15-21(28)26(5)14-18-8-6-17(3)7-9-18/h6-13,16H,14-15H2,1-5H3,(H,25,30)/t24-/m0/s1. The third-order valence-electron chi connectivity index (χ3n) is 5.69. The number of aryl methyl sites for hydroxylation is 1. The molecule has 0 radical (unpaired) electrons. The van der Waals surface area contributed by atoms with Gasteiger partial charge in [-0.05, 0) is 36.5 Å². The number of amides is 4. The van der Waals surface area contributed by atoms with Crippen molar-refractivity contribution in [2.24, 2.45) is 0 Å². The number of benzene rings is 2. The monoisotopic (exact) mass is 407 g/mol. The zero-order chi connectivity index (χ0) is 22.1. The molecule has 6 nitrogen and oxygen atoms in total. The molecule has 2 aromatic rings. The molecule has 0 aliphatic carbocycles. The first kappa shape index (κ1) is 21.6. The minimum absolute atomic E-state index is 0.285. The number of imide groups is 1. The SMILES string of the molecule is Cc1ccc(CN(C)C(=O)CN2C(=O)N[C@@](C)(c3ccc(C(C)C)cc3)C2=O)cc1.